The SMILES string of the molecule is CC(C)(C)C[C@]12CO[C@@H](C1OC(C)(C)C)[C@H](n1cnc3c(N)ncnc31)O2.CC(C)(C)C[C@]12CO[C@@H](C1OP(=O)(O)OC(C)(C)C)[C@H](n1cnc3c(N)ncnc31)O2.CC(C)(C)C[C@]12CO[C@@H](C1OP(O)(=S)OC(C)(C)C)[C@H](n1cnc3c(N)ncnc31)O2.Cc1cn([C@@H]2O[C@@]3(CC(C)(C)C)CCO[C@H]2C3OP(O)(=S)OC(C)(C)C)c(=O)[nH]c1=O. The van der Waals surface area contributed by atoms with E-state index < -0.39 is 127 Å². The average molecular weight is 1780 g/mol. The average Bonchev–Trinajstić information content (AvgIpc) is 1.59. The molecule has 0 amide bonds. The molecule has 8 fully saturated rings. The molecule has 8 bridgehead atoms. The van der Waals surface area contributed by atoms with Crippen LogP contribution in [0.4, 0.5) is 17.5 Å². The number of anilines is 3. The number of nitrogen functional groups attached to an aromatic ring is 3. The van der Waals surface area contributed by atoms with Crippen molar-refractivity contribution in [1.29, 1.82) is 0 Å². The standard InChI is InChI=1S/C20H33N2O7PS.C19H30N5O6P.C19H30N5O5PS.C19H29N5O3/c1-12-10-22(17(24)21-15(12)23)16-13-14(28-30(25,31)29-19(5,6)7)20(27-16,8-9-26-13)11-18(2,3)4;1-17(2,3)7-19-8-27-12(13(19)29-31(25,26)30-18(4,5)6)16(28-19)24-10-23-11-14(20)21-9-22-15(11)24;1-17(2,3)7-19-8-26-12(13(19)28-30(25,31)29-18(4,5)6)16(27-19)24-10-23-11-14(20)21-9-22-15(11)24;1-17(2,3)7-19-8-25-12(13(19)26-18(4,5)6)16(27-19)24-10-23-11-14(20)21-9-22-15(11)24/h10,13-14,16H,8-9,11H2,1-7H3,(H,25,31)(H,21,23,24);9-10,12-13,16H,7-8H2,1-6H3,(H,25,26)(H2,20,21,22);9-10,12-13,16H,7-8H2,1-6H3,(H,25,31)(H2,20,21,22);9-10,12-13,16H,7-8H2,1-6H3,(H2,20,21,22)/t13-,14?,16+,20+,30?;12-,13?,16+,19-;12-,13?,16+,19-,30?;12-,13?,16+,19-/m0000/s1. The van der Waals surface area contributed by atoms with Crippen LogP contribution < -0.4 is 28.5 Å². The fraction of sp³-hybridized carbons (Fsp3) is 0.753. The fourth-order valence-electron chi connectivity index (χ4n) is 17.4. The third-order valence-corrected chi connectivity index (χ3v) is 25.1. The summed E-state index contributed by atoms with van der Waals surface area (Å²) in [5.41, 5.74) is 14.3. The molecule has 7 aromatic heterocycles. The predicted molar refractivity (Wildman–Crippen MR) is 451 cm³/mol. The number of aromatic amines is 1. The van der Waals surface area contributed by atoms with Crippen LogP contribution in [0.25, 0.3) is 33.5 Å². The summed E-state index contributed by atoms with van der Waals surface area (Å²) < 4.78 is 111. The lowest BCUT2D eigenvalue weighted by Crippen LogP contribution is -2.52. The van der Waals surface area contributed by atoms with Gasteiger partial charge in [0.05, 0.1) is 67.8 Å². The van der Waals surface area contributed by atoms with E-state index in [1.54, 1.807) is 76.6 Å². The van der Waals surface area contributed by atoms with Crippen LogP contribution in [0.5, 0.6) is 0 Å². The summed E-state index contributed by atoms with van der Waals surface area (Å²) in [5, 5.41) is 0. The maximum Gasteiger partial charge on any atom is 0.473 e. The molecule has 0 radical (unpaired) electrons. The molecule has 668 valence electrons. The zero-order valence-corrected chi connectivity index (χ0v) is 77.5. The molecule has 0 saturated carbocycles. The number of nitrogens with zero attached hydrogens (tertiary/aromatic N) is 13. The minimum Gasteiger partial charge on any atom is -0.382 e. The summed E-state index contributed by atoms with van der Waals surface area (Å²) in [6, 6.07) is 0. The monoisotopic (exact) mass is 1780 g/mol. The zero-order chi connectivity index (χ0) is 88.7. The van der Waals surface area contributed by atoms with Gasteiger partial charge in [0.15, 0.2) is 59.3 Å². The van der Waals surface area contributed by atoms with Crippen molar-refractivity contribution in [2.24, 2.45) is 21.7 Å². The van der Waals surface area contributed by atoms with Crippen LogP contribution in [0.1, 0.15) is 229 Å². The fourth-order valence-corrected chi connectivity index (χ4v) is 23.3. The third kappa shape index (κ3) is 20.9. The smallest absolute Gasteiger partial charge is 0.382 e. The van der Waals surface area contributed by atoms with Gasteiger partial charge >= 0.3 is 26.9 Å². The second-order valence-corrected chi connectivity index (χ2v) is 47.9. The Kier molecular flexibility index (Phi) is 25.6. The van der Waals surface area contributed by atoms with Gasteiger partial charge in [-0.25, -0.2) is 54.2 Å². The number of H-pyrrole nitrogens is 1. The Bertz CT molecular complexity index is 5010. The molecule has 7 aromatic rings. The van der Waals surface area contributed by atoms with E-state index in [1.807, 2.05) is 25.3 Å². The molecule has 7 unspecified atom stereocenters. The van der Waals surface area contributed by atoms with Crippen LogP contribution in [0.15, 0.2) is 53.7 Å². The molecule has 15 rings (SSSR count). The number of phosphoric ester groups is 1. The number of aryl methyl sites for hydroxylation is 1. The maximum absolute atomic E-state index is 12.8. The highest BCUT2D eigenvalue weighted by atomic mass is 32.5. The number of rotatable bonds is 18. The normalized spacial score (nSPS) is 30.9. The Labute approximate surface area is 708 Å². The number of hydrogen-bond acceptors (Lipinski definition) is 32. The number of imidazole rings is 3. The molecule has 8 saturated heterocycles. The summed E-state index contributed by atoms with van der Waals surface area (Å²) in [7, 11) is -4.40. The van der Waals surface area contributed by atoms with Crippen LogP contribution >= 0.6 is 21.3 Å². The van der Waals surface area contributed by atoms with Crippen molar-refractivity contribution in [3.05, 3.63) is 70.6 Å². The summed E-state index contributed by atoms with van der Waals surface area (Å²) in [4.78, 5) is 96.8. The molecule has 120 heavy (non-hydrogen) atoms. The molecule has 8 aliphatic rings. The van der Waals surface area contributed by atoms with Crippen molar-refractivity contribution in [1.82, 2.24) is 68.1 Å². The van der Waals surface area contributed by atoms with E-state index in [4.69, 9.17) is 111 Å². The maximum atomic E-state index is 12.8. The van der Waals surface area contributed by atoms with E-state index in [-0.39, 0.29) is 63.9 Å². The van der Waals surface area contributed by atoms with Gasteiger partial charge in [0.1, 0.15) is 107 Å². The van der Waals surface area contributed by atoms with E-state index in [2.05, 4.69) is 154 Å². The van der Waals surface area contributed by atoms with E-state index in [0.717, 1.165) is 6.42 Å². The first kappa shape index (κ1) is 93.7. The van der Waals surface area contributed by atoms with Crippen LogP contribution in [-0.4, -0.2) is 203 Å². The van der Waals surface area contributed by atoms with Gasteiger partial charge in [-0.15, -0.1) is 0 Å². The van der Waals surface area contributed by atoms with Crippen molar-refractivity contribution in [2.75, 3.05) is 43.6 Å². The number of hydrogen-bond donors (Lipinski definition) is 7. The highest BCUT2D eigenvalue weighted by molar-refractivity contribution is 8.07. The number of fused-ring (bicyclic) bond motifs is 11. The van der Waals surface area contributed by atoms with Gasteiger partial charge in [-0.3, -0.25) is 46.1 Å². The number of phosphoric acid groups is 1. The molecule has 8 aliphatic heterocycles. The van der Waals surface area contributed by atoms with Gasteiger partial charge in [0.25, 0.3) is 5.56 Å². The Balaban J connectivity index is 0.000000147. The quantitative estimate of drug-likeness (QED) is 0.0392. The first-order valence-corrected chi connectivity index (χ1v) is 46.7. The van der Waals surface area contributed by atoms with Crippen LogP contribution in [0, 0.1) is 28.6 Å². The van der Waals surface area contributed by atoms with Crippen LogP contribution in [0.3, 0.4) is 0 Å². The molecular formula is C77H122N17O21P3S2. The Morgan fingerprint density at radius 1 is 0.450 bits per heavy atom. The molecule has 0 spiro atoms. The molecule has 0 aliphatic carbocycles. The lowest BCUT2D eigenvalue weighted by atomic mass is 9.76. The third-order valence-electron chi connectivity index (χ3n) is 20.3. The molecule has 15 heterocycles. The highest BCUT2D eigenvalue weighted by Crippen LogP contribution is 2.63. The molecule has 38 nitrogen and oxygen atoms in total. The second-order valence-electron chi connectivity index (χ2n) is 41.1. The zero-order valence-electron chi connectivity index (χ0n) is 73.2. The van der Waals surface area contributed by atoms with Crippen molar-refractivity contribution in [3.8, 4) is 0 Å². The molecule has 19 atom stereocenters. The van der Waals surface area contributed by atoms with Gasteiger partial charge in [-0.05, 0) is 161 Å². The van der Waals surface area contributed by atoms with Crippen molar-refractivity contribution in [3.63, 3.8) is 0 Å². The molecule has 10 N–H and O–H groups in total. The van der Waals surface area contributed by atoms with Crippen LogP contribution in [-0.2, 0) is 98.0 Å². The van der Waals surface area contributed by atoms with Crippen molar-refractivity contribution >= 4 is 95.8 Å². The summed E-state index contributed by atoms with van der Waals surface area (Å²) in [5.74, 6) is 0.896. The van der Waals surface area contributed by atoms with Crippen molar-refractivity contribution < 1.29 is 89.0 Å². The minimum absolute atomic E-state index is 0.0657. The Morgan fingerprint density at radius 3 is 1.12 bits per heavy atom. The number of nitrogens with two attached hydrogens (primary N) is 3. The number of nitrogens with one attached hydrogen (secondary N) is 1. The first-order chi connectivity index (χ1) is 54.9. The van der Waals surface area contributed by atoms with Gasteiger partial charge in [-0.2, -0.15) is 0 Å². The van der Waals surface area contributed by atoms with Crippen molar-refractivity contribution in [2.45, 2.75) is 324 Å². The molecule has 0 aromatic carbocycles. The van der Waals surface area contributed by atoms with E-state index in [1.165, 1.54) is 29.7 Å². The van der Waals surface area contributed by atoms with E-state index in [9.17, 15) is 28.8 Å². The minimum atomic E-state index is -4.40. The predicted octanol–water partition coefficient (Wildman–Crippen LogP) is 11.2. The highest BCUT2D eigenvalue weighted by Gasteiger charge is 2.69. The van der Waals surface area contributed by atoms with Gasteiger partial charge in [-0.1, -0.05) is 83.1 Å². The summed E-state index contributed by atoms with van der Waals surface area (Å²) >= 11 is 10.7. The molecule has 43 heteroatoms. The lowest BCUT2D eigenvalue weighted by Gasteiger charge is -2.43. The van der Waals surface area contributed by atoms with Gasteiger partial charge in [0, 0.05) is 18.2 Å². The summed E-state index contributed by atoms with van der Waals surface area (Å²) in [6.45, 7) is 43.3. The topological polar surface area (TPSA) is 480 Å². The number of ether oxygens (including phenoxy) is 9. The van der Waals surface area contributed by atoms with E-state index >= 15 is 0 Å². The first-order valence-electron chi connectivity index (χ1n) is 40.0. The van der Waals surface area contributed by atoms with Crippen LogP contribution in [0.2, 0.25) is 0 Å². The molecular weight excluding hydrogens is 1660 g/mol. The Morgan fingerprint density at radius 2 is 0.767 bits per heavy atom. The largest absolute Gasteiger partial charge is 0.473 e. The van der Waals surface area contributed by atoms with Gasteiger partial charge in [0.2, 0.25) is 0 Å². The number of aromatic nitrogens is 14. The van der Waals surface area contributed by atoms with Gasteiger partial charge < -0.3 is 83.6 Å². The second kappa shape index (κ2) is 32.8. The Hall–Kier alpha value is -5.46. The lowest BCUT2D eigenvalue weighted by molar-refractivity contribution is -0.187. The van der Waals surface area contributed by atoms with E-state index in [0.29, 0.717) is 90.4 Å². The summed E-state index contributed by atoms with van der Waals surface area (Å²) in [6.07, 6.45) is 6.60.